The smallest absolute Gasteiger partial charge is 0.335 e. The molecule has 0 atom stereocenters. The number of aryl methyl sites for hydroxylation is 1. The van der Waals surface area contributed by atoms with Gasteiger partial charge in [-0.2, -0.15) is 0 Å². The summed E-state index contributed by atoms with van der Waals surface area (Å²) in [6.45, 7) is 3.36. The summed E-state index contributed by atoms with van der Waals surface area (Å²) in [6.07, 6.45) is 0. The molecule has 3 nitrogen and oxygen atoms in total. The Hall–Kier alpha value is -2.13. The Bertz CT molecular complexity index is 640. The molecule has 0 bridgehead atoms. The molecular formula is C17H16O3. The minimum absolute atomic E-state index is 0.136. The van der Waals surface area contributed by atoms with Crippen molar-refractivity contribution in [3.63, 3.8) is 0 Å². The average molecular weight is 268 g/mol. The minimum Gasteiger partial charge on any atom is -0.478 e. The largest absolute Gasteiger partial charge is 0.478 e. The summed E-state index contributed by atoms with van der Waals surface area (Å²) in [5.74, 6) is -0.897. The summed E-state index contributed by atoms with van der Waals surface area (Å²) in [5.41, 5.74) is 3.73. The van der Waals surface area contributed by atoms with Crippen LogP contribution in [0.4, 0.5) is 0 Å². The van der Waals surface area contributed by atoms with Gasteiger partial charge in [-0.05, 0) is 30.2 Å². The second-order valence-electron chi connectivity index (χ2n) is 5.33. The quantitative estimate of drug-likeness (QED) is 0.930. The normalized spacial score (nSPS) is 16.4. The molecule has 0 unspecified atom stereocenters. The first-order chi connectivity index (χ1) is 9.62. The van der Waals surface area contributed by atoms with Crippen LogP contribution < -0.4 is 0 Å². The van der Waals surface area contributed by atoms with Crippen molar-refractivity contribution in [2.24, 2.45) is 0 Å². The number of benzene rings is 2. The molecule has 3 rings (SSSR count). The van der Waals surface area contributed by atoms with Gasteiger partial charge in [0, 0.05) is 0 Å². The third-order valence-electron chi connectivity index (χ3n) is 3.95. The highest BCUT2D eigenvalue weighted by Crippen LogP contribution is 2.39. The molecule has 1 N–H and O–H groups in total. The lowest BCUT2D eigenvalue weighted by atomic mass is 9.72. The molecule has 1 fully saturated rings. The van der Waals surface area contributed by atoms with E-state index in [9.17, 15) is 4.79 Å². The Morgan fingerprint density at radius 2 is 1.80 bits per heavy atom. The molecule has 1 aliphatic heterocycles. The predicted octanol–water partition coefficient (Wildman–Crippen LogP) is 3.01. The number of aromatic carboxylic acids is 1. The molecule has 0 saturated carbocycles. The van der Waals surface area contributed by atoms with Gasteiger partial charge in [0.2, 0.25) is 0 Å². The van der Waals surface area contributed by atoms with Crippen molar-refractivity contribution in [2.75, 3.05) is 13.2 Å². The van der Waals surface area contributed by atoms with Crippen LogP contribution in [0.1, 0.15) is 27.0 Å². The molecule has 3 heteroatoms. The van der Waals surface area contributed by atoms with E-state index in [-0.39, 0.29) is 5.41 Å². The summed E-state index contributed by atoms with van der Waals surface area (Å²) in [6, 6.07) is 15.5. The van der Waals surface area contributed by atoms with E-state index in [0.29, 0.717) is 18.8 Å². The maximum atomic E-state index is 10.9. The molecule has 2 aromatic carbocycles. The van der Waals surface area contributed by atoms with E-state index >= 15 is 0 Å². The molecule has 1 saturated heterocycles. The molecule has 0 radical (unpaired) electrons. The van der Waals surface area contributed by atoms with Crippen LogP contribution in [-0.2, 0) is 10.2 Å². The Morgan fingerprint density at radius 1 is 1.10 bits per heavy atom. The van der Waals surface area contributed by atoms with Gasteiger partial charge in [-0.15, -0.1) is 0 Å². The minimum atomic E-state index is -0.897. The molecule has 0 aromatic heterocycles. The van der Waals surface area contributed by atoms with Crippen LogP contribution >= 0.6 is 0 Å². The first-order valence-electron chi connectivity index (χ1n) is 6.60. The van der Waals surface area contributed by atoms with E-state index in [2.05, 4.69) is 31.2 Å². The zero-order valence-corrected chi connectivity index (χ0v) is 11.3. The van der Waals surface area contributed by atoms with Crippen molar-refractivity contribution in [1.82, 2.24) is 0 Å². The highest BCUT2D eigenvalue weighted by molar-refractivity contribution is 5.87. The zero-order chi connectivity index (χ0) is 14.2. The van der Waals surface area contributed by atoms with Crippen molar-refractivity contribution >= 4 is 5.97 Å². The maximum Gasteiger partial charge on any atom is 0.335 e. The summed E-state index contributed by atoms with van der Waals surface area (Å²) >= 11 is 0. The fourth-order valence-electron chi connectivity index (χ4n) is 2.68. The Morgan fingerprint density at radius 3 is 2.30 bits per heavy atom. The number of hydrogen-bond donors (Lipinski definition) is 1. The third-order valence-corrected chi connectivity index (χ3v) is 3.95. The molecule has 1 heterocycles. The first kappa shape index (κ1) is 12.9. The first-order valence-corrected chi connectivity index (χ1v) is 6.60. The van der Waals surface area contributed by atoms with Gasteiger partial charge in [0.05, 0.1) is 24.2 Å². The molecule has 2 aromatic rings. The topological polar surface area (TPSA) is 46.5 Å². The van der Waals surface area contributed by atoms with Crippen molar-refractivity contribution in [1.29, 1.82) is 0 Å². The zero-order valence-electron chi connectivity index (χ0n) is 11.3. The van der Waals surface area contributed by atoms with Gasteiger partial charge in [-0.1, -0.05) is 42.0 Å². The predicted molar refractivity (Wildman–Crippen MR) is 76.2 cm³/mol. The number of hydrogen-bond acceptors (Lipinski definition) is 2. The Labute approximate surface area is 117 Å². The van der Waals surface area contributed by atoms with Crippen molar-refractivity contribution in [3.05, 3.63) is 70.8 Å². The van der Waals surface area contributed by atoms with Crippen LogP contribution in [0.5, 0.6) is 0 Å². The molecule has 0 aliphatic carbocycles. The molecule has 0 spiro atoms. The SMILES string of the molecule is Cc1cccc(C2(c3ccc(C(=O)O)cc3)COC2)c1. The Kier molecular flexibility index (Phi) is 3.07. The molecule has 102 valence electrons. The molecular weight excluding hydrogens is 252 g/mol. The van der Waals surface area contributed by atoms with E-state index in [1.54, 1.807) is 12.1 Å². The average Bonchev–Trinajstić information content (AvgIpc) is 2.38. The summed E-state index contributed by atoms with van der Waals surface area (Å²) in [7, 11) is 0. The lowest BCUT2D eigenvalue weighted by molar-refractivity contribution is -0.0380. The summed E-state index contributed by atoms with van der Waals surface area (Å²) in [5, 5.41) is 8.98. The van der Waals surface area contributed by atoms with Gasteiger partial charge < -0.3 is 9.84 Å². The number of carboxylic acids is 1. The molecule has 1 aliphatic rings. The second kappa shape index (κ2) is 4.76. The Balaban J connectivity index is 2.02. The van der Waals surface area contributed by atoms with E-state index in [4.69, 9.17) is 9.84 Å². The third kappa shape index (κ3) is 2.00. The van der Waals surface area contributed by atoms with Crippen LogP contribution in [-0.4, -0.2) is 24.3 Å². The number of rotatable bonds is 3. The summed E-state index contributed by atoms with van der Waals surface area (Å²) < 4.78 is 5.45. The van der Waals surface area contributed by atoms with E-state index in [1.807, 2.05) is 12.1 Å². The summed E-state index contributed by atoms with van der Waals surface area (Å²) in [4.78, 5) is 10.9. The van der Waals surface area contributed by atoms with E-state index < -0.39 is 5.97 Å². The van der Waals surface area contributed by atoms with Crippen LogP contribution in [0, 0.1) is 6.92 Å². The van der Waals surface area contributed by atoms with Gasteiger partial charge in [0.1, 0.15) is 0 Å². The maximum absolute atomic E-state index is 10.9. The van der Waals surface area contributed by atoms with E-state index in [0.717, 1.165) is 5.56 Å². The number of carboxylic acid groups (broad SMARTS) is 1. The van der Waals surface area contributed by atoms with Crippen LogP contribution in [0.25, 0.3) is 0 Å². The second-order valence-corrected chi connectivity index (χ2v) is 5.33. The standard InChI is InChI=1S/C17H16O3/c1-12-3-2-4-15(9-12)17(10-20-11-17)14-7-5-13(6-8-14)16(18)19/h2-9H,10-11H2,1H3,(H,18,19). The van der Waals surface area contributed by atoms with Crippen LogP contribution in [0.2, 0.25) is 0 Å². The van der Waals surface area contributed by atoms with Gasteiger partial charge in [-0.25, -0.2) is 4.79 Å². The van der Waals surface area contributed by atoms with E-state index in [1.165, 1.54) is 11.1 Å². The van der Waals surface area contributed by atoms with Gasteiger partial charge in [-0.3, -0.25) is 0 Å². The number of carbonyl (C=O) groups is 1. The van der Waals surface area contributed by atoms with Crippen LogP contribution in [0.15, 0.2) is 48.5 Å². The van der Waals surface area contributed by atoms with Crippen molar-refractivity contribution < 1.29 is 14.6 Å². The van der Waals surface area contributed by atoms with Crippen molar-refractivity contribution in [3.8, 4) is 0 Å². The lowest BCUT2D eigenvalue weighted by Gasteiger charge is -2.42. The number of ether oxygens (including phenoxy) is 1. The fraction of sp³-hybridized carbons (Fsp3) is 0.235. The fourth-order valence-corrected chi connectivity index (χ4v) is 2.68. The van der Waals surface area contributed by atoms with Gasteiger partial charge in [0.25, 0.3) is 0 Å². The van der Waals surface area contributed by atoms with Crippen LogP contribution in [0.3, 0.4) is 0 Å². The van der Waals surface area contributed by atoms with Crippen molar-refractivity contribution in [2.45, 2.75) is 12.3 Å². The van der Waals surface area contributed by atoms with Gasteiger partial charge >= 0.3 is 5.97 Å². The highest BCUT2D eigenvalue weighted by atomic mass is 16.5. The monoisotopic (exact) mass is 268 g/mol. The molecule has 0 amide bonds. The highest BCUT2D eigenvalue weighted by Gasteiger charge is 2.42. The molecule has 20 heavy (non-hydrogen) atoms. The lowest BCUT2D eigenvalue weighted by Crippen LogP contribution is -2.47. The van der Waals surface area contributed by atoms with Gasteiger partial charge in [0.15, 0.2) is 0 Å².